The van der Waals surface area contributed by atoms with E-state index in [1.165, 1.54) is 0 Å². The van der Waals surface area contributed by atoms with E-state index < -0.39 is 0 Å². The van der Waals surface area contributed by atoms with Crippen LogP contribution in [0.15, 0.2) is 29.4 Å². The van der Waals surface area contributed by atoms with Gasteiger partial charge in [-0.2, -0.15) is 0 Å². The number of nitrogens with zero attached hydrogens (tertiary/aromatic N) is 1. The molecule has 0 unspecified atom stereocenters. The first-order valence-corrected chi connectivity index (χ1v) is 4.42. The zero-order valence-corrected chi connectivity index (χ0v) is 8.24. The highest BCUT2D eigenvalue weighted by molar-refractivity contribution is 5.99. The Hall–Kier alpha value is -1.77. The minimum absolute atomic E-state index is 0.864. The summed E-state index contributed by atoms with van der Waals surface area (Å²) in [4.78, 5) is 7.18. The van der Waals surface area contributed by atoms with Crippen LogP contribution in [-0.4, -0.2) is 25.4 Å². The predicted octanol–water partition coefficient (Wildman–Crippen LogP) is 2.23. The van der Waals surface area contributed by atoms with E-state index in [4.69, 9.17) is 4.74 Å². The van der Waals surface area contributed by atoms with Gasteiger partial charge in [-0.3, -0.25) is 4.99 Å². The maximum atomic E-state index is 5.17. The normalized spacial score (nSPS) is 11.3. The average Bonchev–Trinajstić information content (AvgIpc) is 2.61. The van der Waals surface area contributed by atoms with Gasteiger partial charge < -0.3 is 9.72 Å². The second kappa shape index (κ2) is 3.54. The van der Waals surface area contributed by atoms with Gasteiger partial charge in [0.1, 0.15) is 5.75 Å². The lowest BCUT2D eigenvalue weighted by Gasteiger charge is -1.98. The number of aromatic nitrogens is 1. The Balaban J connectivity index is 2.63. The molecule has 2 rings (SSSR count). The molecule has 0 bridgehead atoms. The largest absolute Gasteiger partial charge is 0.497 e. The smallest absolute Gasteiger partial charge is 0.119 e. The van der Waals surface area contributed by atoms with E-state index in [-0.39, 0.29) is 0 Å². The molecule has 3 heteroatoms. The van der Waals surface area contributed by atoms with Crippen molar-refractivity contribution in [2.75, 3.05) is 14.2 Å². The predicted molar refractivity (Wildman–Crippen MR) is 58.4 cm³/mol. The first-order valence-electron chi connectivity index (χ1n) is 4.42. The molecule has 1 N–H and O–H groups in total. The second-order valence-corrected chi connectivity index (χ2v) is 3.04. The fraction of sp³-hybridized carbons (Fsp3) is 0.182. The Bertz CT molecular complexity index is 471. The highest BCUT2D eigenvalue weighted by Gasteiger charge is 2.02. The maximum Gasteiger partial charge on any atom is 0.119 e. The molecule has 0 spiro atoms. The topological polar surface area (TPSA) is 37.4 Å². The molecule has 0 atom stereocenters. The van der Waals surface area contributed by atoms with Crippen molar-refractivity contribution in [2.24, 2.45) is 4.99 Å². The number of rotatable bonds is 2. The van der Waals surface area contributed by atoms with E-state index in [0.717, 1.165) is 22.2 Å². The fourth-order valence-electron chi connectivity index (χ4n) is 1.49. The number of hydrogen-bond donors (Lipinski definition) is 1. The second-order valence-electron chi connectivity index (χ2n) is 3.04. The van der Waals surface area contributed by atoms with E-state index in [9.17, 15) is 0 Å². The lowest BCUT2D eigenvalue weighted by molar-refractivity contribution is 0.415. The molecular formula is C11H12N2O. The summed E-state index contributed by atoms with van der Waals surface area (Å²) < 4.78 is 5.17. The Morgan fingerprint density at radius 3 is 3.00 bits per heavy atom. The molecule has 14 heavy (non-hydrogen) atoms. The van der Waals surface area contributed by atoms with Crippen LogP contribution in [0.4, 0.5) is 0 Å². The Labute approximate surface area is 82.4 Å². The lowest BCUT2D eigenvalue weighted by atomic mass is 10.2. The number of H-pyrrole nitrogens is 1. The summed E-state index contributed by atoms with van der Waals surface area (Å²) in [5.74, 6) is 0.864. The Morgan fingerprint density at radius 2 is 2.29 bits per heavy atom. The summed E-state index contributed by atoms with van der Waals surface area (Å²) in [5, 5.41) is 1.13. The van der Waals surface area contributed by atoms with Crippen molar-refractivity contribution in [3.05, 3.63) is 30.0 Å². The van der Waals surface area contributed by atoms with Crippen LogP contribution in [0, 0.1) is 0 Å². The summed E-state index contributed by atoms with van der Waals surface area (Å²) in [6.45, 7) is 0. The van der Waals surface area contributed by atoms with Gasteiger partial charge in [-0.1, -0.05) is 0 Å². The van der Waals surface area contributed by atoms with Gasteiger partial charge in [-0.25, -0.2) is 0 Å². The highest BCUT2D eigenvalue weighted by Crippen LogP contribution is 2.22. The molecule has 1 heterocycles. The van der Waals surface area contributed by atoms with Crippen molar-refractivity contribution in [1.29, 1.82) is 0 Å². The van der Waals surface area contributed by atoms with E-state index in [1.807, 2.05) is 30.6 Å². The van der Waals surface area contributed by atoms with Gasteiger partial charge >= 0.3 is 0 Å². The molecule has 0 saturated carbocycles. The van der Waals surface area contributed by atoms with Crippen molar-refractivity contribution in [2.45, 2.75) is 0 Å². The van der Waals surface area contributed by atoms with Crippen molar-refractivity contribution in [1.82, 2.24) is 4.98 Å². The summed E-state index contributed by atoms with van der Waals surface area (Å²) in [6, 6.07) is 5.94. The molecule has 2 aromatic rings. The van der Waals surface area contributed by atoms with Crippen LogP contribution < -0.4 is 4.74 Å². The number of hydrogen-bond acceptors (Lipinski definition) is 2. The van der Waals surface area contributed by atoms with Crippen LogP contribution in [-0.2, 0) is 0 Å². The van der Waals surface area contributed by atoms with Crippen LogP contribution in [0.25, 0.3) is 10.9 Å². The minimum atomic E-state index is 0.864. The van der Waals surface area contributed by atoms with Crippen LogP contribution in [0.5, 0.6) is 5.75 Å². The SMILES string of the molecule is C/N=C/c1c[nH]c2ccc(OC)cc12. The zero-order chi connectivity index (χ0) is 9.97. The first kappa shape index (κ1) is 8.81. The van der Waals surface area contributed by atoms with E-state index in [0.29, 0.717) is 0 Å². The monoisotopic (exact) mass is 188 g/mol. The van der Waals surface area contributed by atoms with Gasteiger partial charge in [0, 0.05) is 35.9 Å². The standard InChI is InChI=1S/C11H12N2O/c1-12-6-8-7-13-11-4-3-9(14-2)5-10(8)11/h3-7,13H,1-2H3/b12-6+. The molecule has 0 radical (unpaired) electrons. The van der Waals surface area contributed by atoms with Crippen molar-refractivity contribution in [3.63, 3.8) is 0 Å². The van der Waals surface area contributed by atoms with Crippen molar-refractivity contribution < 1.29 is 4.74 Å². The van der Waals surface area contributed by atoms with E-state index in [2.05, 4.69) is 9.98 Å². The number of fused-ring (bicyclic) bond motifs is 1. The van der Waals surface area contributed by atoms with Gasteiger partial charge in [-0.15, -0.1) is 0 Å². The molecule has 3 nitrogen and oxygen atoms in total. The number of benzene rings is 1. The number of nitrogens with one attached hydrogen (secondary N) is 1. The van der Waals surface area contributed by atoms with Gasteiger partial charge in [0.2, 0.25) is 0 Å². The van der Waals surface area contributed by atoms with E-state index in [1.54, 1.807) is 14.2 Å². The van der Waals surface area contributed by atoms with Crippen LogP contribution in [0.3, 0.4) is 0 Å². The summed E-state index contributed by atoms with van der Waals surface area (Å²) in [7, 11) is 3.43. The number of aliphatic imine (C=N–C) groups is 1. The molecule has 0 amide bonds. The van der Waals surface area contributed by atoms with Crippen molar-refractivity contribution in [3.8, 4) is 5.75 Å². The molecule has 0 saturated heterocycles. The number of methoxy groups -OCH3 is 1. The summed E-state index contributed by atoms with van der Waals surface area (Å²) in [6.07, 6.45) is 3.77. The van der Waals surface area contributed by atoms with Crippen LogP contribution >= 0.6 is 0 Å². The van der Waals surface area contributed by atoms with E-state index >= 15 is 0 Å². The number of ether oxygens (including phenoxy) is 1. The summed E-state index contributed by atoms with van der Waals surface area (Å²) >= 11 is 0. The average molecular weight is 188 g/mol. The zero-order valence-electron chi connectivity index (χ0n) is 8.24. The quantitative estimate of drug-likeness (QED) is 0.721. The molecule has 72 valence electrons. The molecule has 0 aliphatic heterocycles. The molecule has 0 aliphatic rings. The third-order valence-electron chi connectivity index (χ3n) is 2.19. The molecule has 0 fully saturated rings. The van der Waals surface area contributed by atoms with Gasteiger partial charge in [0.15, 0.2) is 0 Å². The molecule has 0 aliphatic carbocycles. The molecule has 1 aromatic carbocycles. The van der Waals surface area contributed by atoms with Crippen LogP contribution in [0.2, 0.25) is 0 Å². The maximum absolute atomic E-state index is 5.17. The highest BCUT2D eigenvalue weighted by atomic mass is 16.5. The third-order valence-corrected chi connectivity index (χ3v) is 2.19. The number of aromatic amines is 1. The lowest BCUT2D eigenvalue weighted by Crippen LogP contribution is -1.82. The van der Waals surface area contributed by atoms with Crippen molar-refractivity contribution >= 4 is 17.1 Å². The fourth-order valence-corrected chi connectivity index (χ4v) is 1.49. The van der Waals surface area contributed by atoms with Gasteiger partial charge in [-0.05, 0) is 18.2 Å². The first-order chi connectivity index (χ1) is 6.85. The molecular weight excluding hydrogens is 176 g/mol. The Morgan fingerprint density at radius 1 is 1.43 bits per heavy atom. The summed E-state index contributed by atoms with van der Waals surface area (Å²) in [5.41, 5.74) is 2.18. The van der Waals surface area contributed by atoms with Gasteiger partial charge in [0.25, 0.3) is 0 Å². The Kier molecular flexibility index (Phi) is 2.23. The van der Waals surface area contributed by atoms with Crippen LogP contribution in [0.1, 0.15) is 5.56 Å². The minimum Gasteiger partial charge on any atom is -0.497 e. The third kappa shape index (κ3) is 1.37. The van der Waals surface area contributed by atoms with Gasteiger partial charge in [0.05, 0.1) is 7.11 Å². The molecule has 1 aromatic heterocycles.